The van der Waals surface area contributed by atoms with Gasteiger partial charge in [0, 0.05) is 12.5 Å². The quantitative estimate of drug-likeness (QED) is 0.724. The second kappa shape index (κ2) is 8.43. The first-order valence-electron chi connectivity index (χ1n) is 6.73. The SMILES string of the molecule is COc1cccc(OCC(C)CC(CN)CC(=O)O)c1. The topological polar surface area (TPSA) is 81.8 Å². The molecule has 0 saturated carbocycles. The van der Waals surface area contributed by atoms with Crippen LogP contribution in [-0.4, -0.2) is 31.3 Å². The minimum Gasteiger partial charge on any atom is -0.497 e. The molecule has 1 aromatic carbocycles. The van der Waals surface area contributed by atoms with Crippen molar-refractivity contribution in [2.75, 3.05) is 20.3 Å². The van der Waals surface area contributed by atoms with Crippen molar-refractivity contribution in [1.82, 2.24) is 0 Å². The third-order valence-corrected chi connectivity index (χ3v) is 3.11. The molecule has 0 aliphatic carbocycles. The lowest BCUT2D eigenvalue weighted by atomic mass is 9.94. The van der Waals surface area contributed by atoms with Crippen LogP contribution >= 0.6 is 0 Å². The maximum Gasteiger partial charge on any atom is 0.303 e. The summed E-state index contributed by atoms with van der Waals surface area (Å²) in [6.45, 7) is 2.95. The lowest BCUT2D eigenvalue weighted by molar-refractivity contribution is -0.138. The van der Waals surface area contributed by atoms with E-state index in [2.05, 4.69) is 0 Å². The highest BCUT2D eigenvalue weighted by Crippen LogP contribution is 2.21. The zero-order valence-corrected chi connectivity index (χ0v) is 12.0. The molecule has 112 valence electrons. The number of benzene rings is 1. The Morgan fingerprint density at radius 2 is 2.10 bits per heavy atom. The molecule has 0 aromatic heterocycles. The number of ether oxygens (including phenoxy) is 2. The average molecular weight is 281 g/mol. The third-order valence-electron chi connectivity index (χ3n) is 3.11. The van der Waals surface area contributed by atoms with Gasteiger partial charge in [-0.15, -0.1) is 0 Å². The summed E-state index contributed by atoms with van der Waals surface area (Å²) in [5.41, 5.74) is 5.59. The first-order valence-corrected chi connectivity index (χ1v) is 6.73. The summed E-state index contributed by atoms with van der Waals surface area (Å²) in [6, 6.07) is 7.41. The molecule has 1 aromatic rings. The van der Waals surface area contributed by atoms with E-state index in [-0.39, 0.29) is 18.3 Å². The van der Waals surface area contributed by atoms with Gasteiger partial charge in [0.2, 0.25) is 0 Å². The Labute approximate surface area is 119 Å². The van der Waals surface area contributed by atoms with Crippen LogP contribution in [0.5, 0.6) is 11.5 Å². The van der Waals surface area contributed by atoms with E-state index in [1.165, 1.54) is 0 Å². The van der Waals surface area contributed by atoms with Crippen LogP contribution in [0.15, 0.2) is 24.3 Å². The third kappa shape index (κ3) is 5.93. The molecule has 20 heavy (non-hydrogen) atoms. The fraction of sp³-hybridized carbons (Fsp3) is 0.533. The van der Waals surface area contributed by atoms with Crippen molar-refractivity contribution >= 4 is 5.97 Å². The molecule has 5 heteroatoms. The number of methoxy groups -OCH3 is 1. The van der Waals surface area contributed by atoms with E-state index in [0.29, 0.717) is 13.2 Å². The Morgan fingerprint density at radius 3 is 2.70 bits per heavy atom. The number of rotatable bonds is 9. The Bertz CT molecular complexity index is 422. The number of hydrogen-bond donors (Lipinski definition) is 2. The maximum absolute atomic E-state index is 10.7. The summed E-state index contributed by atoms with van der Waals surface area (Å²) >= 11 is 0. The molecule has 0 fully saturated rings. The Hall–Kier alpha value is -1.75. The summed E-state index contributed by atoms with van der Waals surface area (Å²) in [6.07, 6.45) is 0.854. The van der Waals surface area contributed by atoms with Crippen molar-refractivity contribution in [2.45, 2.75) is 19.8 Å². The molecule has 0 heterocycles. The maximum atomic E-state index is 10.7. The summed E-state index contributed by atoms with van der Waals surface area (Å²) < 4.78 is 10.8. The minimum atomic E-state index is -0.804. The summed E-state index contributed by atoms with van der Waals surface area (Å²) in [7, 11) is 1.61. The molecule has 1 rings (SSSR count). The van der Waals surface area contributed by atoms with Crippen molar-refractivity contribution in [1.29, 1.82) is 0 Å². The highest BCUT2D eigenvalue weighted by molar-refractivity contribution is 5.67. The largest absolute Gasteiger partial charge is 0.497 e. The van der Waals surface area contributed by atoms with Gasteiger partial charge in [0.25, 0.3) is 0 Å². The van der Waals surface area contributed by atoms with Crippen LogP contribution in [-0.2, 0) is 4.79 Å². The minimum absolute atomic E-state index is 0.00332. The molecule has 0 amide bonds. The van der Waals surface area contributed by atoms with Gasteiger partial charge in [-0.25, -0.2) is 0 Å². The molecule has 2 atom stereocenters. The fourth-order valence-corrected chi connectivity index (χ4v) is 2.08. The number of carboxylic acids is 1. The molecule has 0 aliphatic rings. The van der Waals surface area contributed by atoms with Crippen LogP contribution in [0, 0.1) is 11.8 Å². The molecule has 3 N–H and O–H groups in total. The van der Waals surface area contributed by atoms with Crippen molar-refractivity contribution < 1.29 is 19.4 Å². The average Bonchev–Trinajstić information content (AvgIpc) is 2.44. The zero-order valence-electron chi connectivity index (χ0n) is 12.0. The van der Waals surface area contributed by atoms with Gasteiger partial charge in [-0.1, -0.05) is 13.0 Å². The van der Waals surface area contributed by atoms with Crippen LogP contribution in [0.3, 0.4) is 0 Å². The number of carbonyl (C=O) groups is 1. The lowest BCUT2D eigenvalue weighted by Crippen LogP contribution is -2.22. The van der Waals surface area contributed by atoms with E-state index >= 15 is 0 Å². The highest BCUT2D eigenvalue weighted by atomic mass is 16.5. The smallest absolute Gasteiger partial charge is 0.303 e. The second-order valence-electron chi connectivity index (χ2n) is 5.03. The van der Waals surface area contributed by atoms with Crippen molar-refractivity contribution in [2.24, 2.45) is 17.6 Å². The molecule has 5 nitrogen and oxygen atoms in total. The Kier molecular flexibility index (Phi) is 6.87. The Balaban J connectivity index is 2.41. The summed E-state index contributed by atoms with van der Waals surface area (Å²) in [5, 5.41) is 8.79. The van der Waals surface area contributed by atoms with Crippen LogP contribution in [0.2, 0.25) is 0 Å². The van der Waals surface area contributed by atoms with E-state index in [1.807, 2.05) is 31.2 Å². The van der Waals surface area contributed by atoms with Crippen LogP contribution in [0.1, 0.15) is 19.8 Å². The van der Waals surface area contributed by atoms with Crippen molar-refractivity contribution in [3.05, 3.63) is 24.3 Å². The van der Waals surface area contributed by atoms with Crippen LogP contribution < -0.4 is 15.2 Å². The van der Waals surface area contributed by atoms with E-state index < -0.39 is 5.97 Å². The predicted molar refractivity (Wildman–Crippen MR) is 77.1 cm³/mol. The number of carboxylic acid groups (broad SMARTS) is 1. The van der Waals surface area contributed by atoms with Gasteiger partial charge in [-0.05, 0) is 36.9 Å². The number of aliphatic carboxylic acids is 1. The van der Waals surface area contributed by atoms with Crippen LogP contribution in [0.4, 0.5) is 0 Å². The van der Waals surface area contributed by atoms with Gasteiger partial charge < -0.3 is 20.3 Å². The first kappa shape index (κ1) is 16.3. The van der Waals surface area contributed by atoms with Gasteiger partial charge in [-0.2, -0.15) is 0 Å². The fourth-order valence-electron chi connectivity index (χ4n) is 2.08. The molecule has 0 spiro atoms. The molecule has 0 aliphatic heterocycles. The Morgan fingerprint density at radius 1 is 1.40 bits per heavy atom. The molecule has 0 radical (unpaired) electrons. The van der Waals surface area contributed by atoms with Gasteiger partial charge in [-0.3, -0.25) is 4.79 Å². The number of hydrogen-bond acceptors (Lipinski definition) is 4. The van der Waals surface area contributed by atoms with E-state index in [1.54, 1.807) is 7.11 Å². The van der Waals surface area contributed by atoms with Crippen molar-refractivity contribution in [3.63, 3.8) is 0 Å². The monoisotopic (exact) mass is 281 g/mol. The first-order chi connectivity index (χ1) is 9.55. The van der Waals surface area contributed by atoms with Gasteiger partial charge in [0.1, 0.15) is 11.5 Å². The molecular formula is C15H23NO4. The van der Waals surface area contributed by atoms with Gasteiger partial charge in [0.05, 0.1) is 13.7 Å². The van der Waals surface area contributed by atoms with Crippen molar-refractivity contribution in [3.8, 4) is 11.5 Å². The summed E-state index contributed by atoms with van der Waals surface area (Å²) in [5.74, 6) is 0.937. The predicted octanol–water partition coefficient (Wildman–Crippen LogP) is 2.15. The lowest BCUT2D eigenvalue weighted by Gasteiger charge is -2.18. The number of nitrogens with two attached hydrogens (primary N) is 1. The van der Waals surface area contributed by atoms with E-state index in [9.17, 15) is 4.79 Å². The van der Waals surface area contributed by atoms with Gasteiger partial charge in [0.15, 0.2) is 0 Å². The van der Waals surface area contributed by atoms with Crippen LogP contribution in [0.25, 0.3) is 0 Å². The standard InChI is InChI=1S/C15H23NO4/c1-11(6-12(9-16)7-15(17)18)10-20-14-5-3-4-13(8-14)19-2/h3-5,8,11-12H,6-7,9-10,16H2,1-2H3,(H,17,18). The second-order valence-corrected chi connectivity index (χ2v) is 5.03. The van der Waals surface area contributed by atoms with E-state index in [4.69, 9.17) is 20.3 Å². The molecule has 0 saturated heterocycles. The zero-order chi connectivity index (χ0) is 15.0. The van der Waals surface area contributed by atoms with E-state index in [0.717, 1.165) is 17.9 Å². The molecule has 2 unspecified atom stereocenters. The molecule has 0 bridgehead atoms. The van der Waals surface area contributed by atoms with Gasteiger partial charge >= 0.3 is 5.97 Å². The highest BCUT2D eigenvalue weighted by Gasteiger charge is 2.15. The summed E-state index contributed by atoms with van der Waals surface area (Å²) in [4.78, 5) is 10.7. The molecular weight excluding hydrogens is 258 g/mol. The normalized spacial score (nSPS) is 13.6.